The normalized spacial score (nSPS) is 18.0. The Hall–Kier alpha value is -2.01. The van der Waals surface area contributed by atoms with Crippen molar-refractivity contribution >= 4 is 16.9 Å². The lowest BCUT2D eigenvalue weighted by Gasteiger charge is -2.22. The zero-order chi connectivity index (χ0) is 16.1. The van der Waals surface area contributed by atoms with Gasteiger partial charge in [0.2, 0.25) is 5.91 Å². The van der Waals surface area contributed by atoms with E-state index in [0.717, 1.165) is 48.3 Å². The molecule has 1 fully saturated rings. The Balaban J connectivity index is 1.51. The highest BCUT2D eigenvalue weighted by molar-refractivity contribution is 5.88. The van der Waals surface area contributed by atoms with Crippen molar-refractivity contribution in [1.82, 2.24) is 10.6 Å². The number of hydrogen-bond acceptors (Lipinski definition) is 4. The second-order valence-electron chi connectivity index (χ2n) is 6.15. The second-order valence-corrected chi connectivity index (χ2v) is 6.15. The van der Waals surface area contributed by atoms with Gasteiger partial charge in [-0.25, -0.2) is 0 Å². The van der Waals surface area contributed by atoms with Crippen molar-refractivity contribution in [3.63, 3.8) is 0 Å². The van der Waals surface area contributed by atoms with Crippen LogP contribution in [0.1, 0.15) is 24.8 Å². The number of ether oxygens (including phenoxy) is 1. The number of amides is 1. The third-order valence-electron chi connectivity index (χ3n) is 4.49. The minimum atomic E-state index is 0.0484. The van der Waals surface area contributed by atoms with Crippen molar-refractivity contribution < 1.29 is 13.9 Å². The maximum Gasteiger partial charge on any atom is 0.224 e. The van der Waals surface area contributed by atoms with E-state index in [4.69, 9.17) is 9.15 Å². The zero-order valence-corrected chi connectivity index (χ0v) is 13.6. The summed E-state index contributed by atoms with van der Waals surface area (Å²) in [5.74, 6) is 1.49. The minimum absolute atomic E-state index is 0.0484. The fraction of sp³-hybridized carbons (Fsp3) is 0.500. The molecule has 1 atom stereocenters. The van der Waals surface area contributed by atoms with Gasteiger partial charge in [0.25, 0.3) is 0 Å². The summed E-state index contributed by atoms with van der Waals surface area (Å²) >= 11 is 0. The first kappa shape index (κ1) is 15.9. The summed E-state index contributed by atoms with van der Waals surface area (Å²) in [6, 6.07) is 5.66. The Kier molecular flexibility index (Phi) is 5.18. The summed E-state index contributed by atoms with van der Waals surface area (Å²) in [5.41, 5.74) is 1.67. The quantitative estimate of drug-likeness (QED) is 0.859. The highest BCUT2D eigenvalue weighted by Crippen LogP contribution is 2.25. The van der Waals surface area contributed by atoms with E-state index in [9.17, 15) is 4.79 Å². The predicted octanol–water partition coefficient (Wildman–Crippen LogP) is 2.49. The summed E-state index contributed by atoms with van der Waals surface area (Å²) < 4.78 is 10.7. The second kappa shape index (κ2) is 7.51. The van der Waals surface area contributed by atoms with Gasteiger partial charge in [0.1, 0.15) is 11.3 Å². The van der Waals surface area contributed by atoms with E-state index in [1.165, 1.54) is 12.8 Å². The number of hydrogen-bond donors (Lipinski definition) is 2. The van der Waals surface area contributed by atoms with Gasteiger partial charge in [-0.1, -0.05) is 0 Å². The lowest BCUT2D eigenvalue weighted by Crippen LogP contribution is -2.33. The summed E-state index contributed by atoms with van der Waals surface area (Å²) in [6.07, 6.45) is 5.55. The molecule has 2 N–H and O–H groups in total. The molecule has 1 aromatic carbocycles. The van der Waals surface area contributed by atoms with Crippen LogP contribution in [0.15, 0.2) is 28.9 Å². The van der Waals surface area contributed by atoms with Crippen molar-refractivity contribution in [2.75, 3.05) is 26.7 Å². The molecule has 124 valence electrons. The first-order chi connectivity index (χ1) is 11.3. The van der Waals surface area contributed by atoms with Crippen LogP contribution in [0.25, 0.3) is 11.0 Å². The van der Waals surface area contributed by atoms with Crippen molar-refractivity contribution in [3.05, 3.63) is 30.0 Å². The van der Waals surface area contributed by atoms with Gasteiger partial charge < -0.3 is 19.8 Å². The molecule has 3 rings (SSSR count). The van der Waals surface area contributed by atoms with Crippen LogP contribution in [0.2, 0.25) is 0 Å². The van der Waals surface area contributed by atoms with Crippen LogP contribution in [0.3, 0.4) is 0 Å². The lowest BCUT2D eigenvalue weighted by molar-refractivity contribution is -0.120. The van der Waals surface area contributed by atoms with Crippen LogP contribution >= 0.6 is 0 Å². The molecule has 1 saturated heterocycles. The van der Waals surface area contributed by atoms with Gasteiger partial charge in [-0.05, 0) is 50.4 Å². The number of piperidine rings is 1. The van der Waals surface area contributed by atoms with Crippen LogP contribution in [-0.4, -0.2) is 32.7 Å². The molecule has 0 bridgehead atoms. The molecular weight excluding hydrogens is 292 g/mol. The Morgan fingerprint density at radius 2 is 2.39 bits per heavy atom. The number of carbonyl (C=O) groups is 1. The maximum absolute atomic E-state index is 12.1. The summed E-state index contributed by atoms with van der Waals surface area (Å²) in [6.45, 7) is 2.94. The van der Waals surface area contributed by atoms with Crippen LogP contribution in [0.4, 0.5) is 0 Å². The third-order valence-corrected chi connectivity index (χ3v) is 4.49. The first-order valence-electron chi connectivity index (χ1n) is 8.28. The molecule has 0 radical (unpaired) electrons. The van der Waals surface area contributed by atoms with Gasteiger partial charge in [0.05, 0.1) is 19.8 Å². The van der Waals surface area contributed by atoms with Crippen LogP contribution in [0, 0.1) is 5.92 Å². The molecule has 1 aromatic heterocycles. The lowest BCUT2D eigenvalue weighted by atomic mass is 9.96. The van der Waals surface area contributed by atoms with Gasteiger partial charge in [-0.2, -0.15) is 0 Å². The van der Waals surface area contributed by atoms with Crippen molar-refractivity contribution in [3.8, 4) is 5.75 Å². The number of rotatable bonds is 6. The predicted molar refractivity (Wildman–Crippen MR) is 89.7 cm³/mol. The molecule has 1 unspecified atom stereocenters. The fourth-order valence-electron chi connectivity index (χ4n) is 3.15. The molecule has 2 aromatic rings. The van der Waals surface area contributed by atoms with Crippen LogP contribution < -0.4 is 15.4 Å². The fourth-order valence-corrected chi connectivity index (χ4v) is 3.15. The van der Waals surface area contributed by atoms with Crippen LogP contribution in [0.5, 0.6) is 5.75 Å². The van der Waals surface area contributed by atoms with Gasteiger partial charge in [0.15, 0.2) is 0 Å². The van der Waals surface area contributed by atoms with E-state index in [0.29, 0.717) is 12.3 Å². The average Bonchev–Trinajstić information content (AvgIpc) is 2.98. The van der Waals surface area contributed by atoms with Gasteiger partial charge in [0, 0.05) is 23.6 Å². The minimum Gasteiger partial charge on any atom is -0.497 e. The van der Waals surface area contributed by atoms with Gasteiger partial charge in [-0.3, -0.25) is 4.79 Å². The number of methoxy groups -OCH3 is 1. The molecule has 5 nitrogen and oxygen atoms in total. The molecule has 0 aliphatic carbocycles. The molecule has 1 aliphatic heterocycles. The van der Waals surface area contributed by atoms with E-state index in [1.807, 2.05) is 18.2 Å². The van der Waals surface area contributed by atoms with Gasteiger partial charge in [-0.15, -0.1) is 0 Å². The summed E-state index contributed by atoms with van der Waals surface area (Å²) in [7, 11) is 1.63. The number of fused-ring (bicyclic) bond motifs is 1. The summed E-state index contributed by atoms with van der Waals surface area (Å²) in [5, 5.41) is 7.40. The number of nitrogens with one attached hydrogen (secondary N) is 2. The molecule has 1 amide bonds. The largest absolute Gasteiger partial charge is 0.497 e. The molecule has 5 heteroatoms. The van der Waals surface area contributed by atoms with E-state index in [-0.39, 0.29) is 5.91 Å². The maximum atomic E-state index is 12.1. The molecule has 0 saturated carbocycles. The molecule has 1 aliphatic rings. The number of benzene rings is 1. The highest BCUT2D eigenvalue weighted by Gasteiger charge is 2.14. The monoisotopic (exact) mass is 316 g/mol. The van der Waals surface area contributed by atoms with E-state index < -0.39 is 0 Å². The van der Waals surface area contributed by atoms with E-state index in [1.54, 1.807) is 13.4 Å². The Labute approximate surface area is 136 Å². The van der Waals surface area contributed by atoms with E-state index >= 15 is 0 Å². The topological polar surface area (TPSA) is 63.5 Å². The first-order valence-corrected chi connectivity index (χ1v) is 8.28. The van der Waals surface area contributed by atoms with Gasteiger partial charge >= 0.3 is 0 Å². The van der Waals surface area contributed by atoms with E-state index in [2.05, 4.69) is 10.6 Å². The Morgan fingerprint density at radius 1 is 1.48 bits per heavy atom. The molecular formula is C18H24N2O3. The average molecular weight is 316 g/mol. The number of furan rings is 1. The Morgan fingerprint density at radius 3 is 3.17 bits per heavy atom. The van der Waals surface area contributed by atoms with Crippen molar-refractivity contribution in [2.45, 2.75) is 25.7 Å². The Bertz CT molecular complexity index is 659. The summed E-state index contributed by atoms with van der Waals surface area (Å²) in [4.78, 5) is 12.1. The molecule has 0 spiro atoms. The third kappa shape index (κ3) is 4.05. The zero-order valence-electron chi connectivity index (χ0n) is 13.6. The van der Waals surface area contributed by atoms with Crippen LogP contribution in [-0.2, 0) is 11.2 Å². The van der Waals surface area contributed by atoms with Crippen molar-refractivity contribution in [1.29, 1.82) is 0 Å². The van der Waals surface area contributed by atoms with Crippen molar-refractivity contribution in [2.24, 2.45) is 5.92 Å². The SMILES string of the molecule is COc1ccc2c(CC(=O)NCCC3CCCNC3)coc2c1. The molecule has 2 heterocycles. The smallest absolute Gasteiger partial charge is 0.224 e. The highest BCUT2D eigenvalue weighted by atomic mass is 16.5. The standard InChI is InChI=1S/C18H24N2O3/c1-22-15-4-5-16-14(12-23-17(16)10-15)9-18(21)20-8-6-13-3-2-7-19-11-13/h4-5,10,12-13,19H,2-3,6-9,11H2,1H3,(H,20,21). The molecule has 23 heavy (non-hydrogen) atoms. The number of carbonyl (C=O) groups excluding carboxylic acids is 1.